The summed E-state index contributed by atoms with van der Waals surface area (Å²) in [5.74, 6) is -0.566. The third-order valence-electron chi connectivity index (χ3n) is 6.63. The van der Waals surface area contributed by atoms with Crippen molar-refractivity contribution in [1.29, 1.82) is 0 Å². The first-order valence-corrected chi connectivity index (χ1v) is 12.9. The standard InChI is InChI=1S/C23H21N3O2.C7H7N5O/c1-3-19-12-16-8-7-9-17(13-21(27)18-14-24-25(2)15-18)22(16)23(28)26(19)20-10-5-4-6-11-20;8-5-4(6(9)13)7-10-2-1-3-12(7)11-5/h4-12,14-15H,3,13H2,1-2H3;1-3H,(H2,8,11)(H2,9,13). The SMILES string of the molecule is CCc1cc2cccc(CC(=O)c3cnn(C)c3)c2c(=O)n1-c1ccccc1.NC(=O)c1c(N)nn2cccnc12. The van der Waals surface area contributed by atoms with Crippen LogP contribution in [0.15, 0.2) is 90.2 Å². The Kier molecular flexibility index (Phi) is 7.42. The molecule has 1 amide bonds. The maximum absolute atomic E-state index is 13.5. The fraction of sp³-hybridized carbons (Fsp3) is 0.133. The molecule has 11 heteroatoms. The summed E-state index contributed by atoms with van der Waals surface area (Å²) < 4.78 is 4.77. The number of carbonyl (C=O) groups excluding carboxylic acids is 2. The fourth-order valence-corrected chi connectivity index (χ4v) is 4.74. The number of ketones is 1. The van der Waals surface area contributed by atoms with Crippen molar-refractivity contribution < 1.29 is 9.59 Å². The molecule has 6 rings (SSSR count). The summed E-state index contributed by atoms with van der Waals surface area (Å²) in [6.07, 6.45) is 7.35. The summed E-state index contributed by atoms with van der Waals surface area (Å²) >= 11 is 0. The zero-order chi connectivity index (χ0) is 29.1. The van der Waals surface area contributed by atoms with E-state index in [1.807, 2.05) is 61.5 Å². The van der Waals surface area contributed by atoms with Crippen molar-refractivity contribution >= 4 is 33.9 Å². The van der Waals surface area contributed by atoms with E-state index in [9.17, 15) is 14.4 Å². The normalized spacial score (nSPS) is 10.9. The lowest BCUT2D eigenvalue weighted by Gasteiger charge is -2.15. The summed E-state index contributed by atoms with van der Waals surface area (Å²) in [4.78, 5) is 41.1. The van der Waals surface area contributed by atoms with Crippen molar-refractivity contribution in [3.63, 3.8) is 0 Å². The Morgan fingerprint density at radius 3 is 2.49 bits per heavy atom. The Morgan fingerprint density at radius 2 is 1.80 bits per heavy atom. The van der Waals surface area contributed by atoms with Gasteiger partial charge >= 0.3 is 0 Å². The molecule has 0 bridgehead atoms. The van der Waals surface area contributed by atoms with Gasteiger partial charge in [0.1, 0.15) is 5.56 Å². The monoisotopic (exact) mass is 548 g/mol. The van der Waals surface area contributed by atoms with Crippen molar-refractivity contribution in [3.05, 3.63) is 118 Å². The quantitative estimate of drug-likeness (QED) is 0.303. The van der Waals surface area contributed by atoms with Crippen LogP contribution in [0.4, 0.5) is 5.82 Å². The number of anilines is 1. The summed E-state index contributed by atoms with van der Waals surface area (Å²) in [6, 6.07) is 19.0. The molecule has 206 valence electrons. The Bertz CT molecular complexity index is 1950. The molecule has 4 aromatic heterocycles. The highest BCUT2D eigenvalue weighted by atomic mass is 16.1. The number of rotatable bonds is 6. The van der Waals surface area contributed by atoms with Crippen molar-refractivity contribution in [1.82, 2.24) is 28.9 Å². The van der Waals surface area contributed by atoms with E-state index in [-0.39, 0.29) is 29.1 Å². The molecule has 11 nitrogen and oxygen atoms in total. The van der Waals surface area contributed by atoms with Crippen LogP contribution in [-0.4, -0.2) is 40.6 Å². The number of hydrogen-bond acceptors (Lipinski definition) is 7. The van der Waals surface area contributed by atoms with Gasteiger partial charge in [0.25, 0.3) is 11.5 Å². The first kappa shape index (κ1) is 27.0. The number of fused-ring (bicyclic) bond motifs is 2. The summed E-state index contributed by atoms with van der Waals surface area (Å²) in [7, 11) is 1.78. The number of nitrogens with two attached hydrogens (primary N) is 2. The Hall–Kier alpha value is -5.58. The van der Waals surface area contributed by atoms with Crippen LogP contribution in [0.1, 0.15) is 38.9 Å². The predicted octanol–water partition coefficient (Wildman–Crippen LogP) is 3.12. The number of aromatic nitrogens is 6. The average Bonchev–Trinajstić information content (AvgIpc) is 3.56. The van der Waals surface area contributed by atoms with Gasteiger partial charge in [-0.3, -0.25) is 23.6 Å². The molecule has 0 fully saturated rings. The third-order valence-corrected chi connectivity index (χ3v) is 6.63. The molecule has 0 unspecified atom stereocenters. The lowest BCUT2D eigenvalue weighted by atomic mass is 9.99. The molecule has 0 aliphatic heterocycles. The second-order valence-corrected chi connectivity index (χ2v) is 9.36. The van der Waals surface area contributed by atoms with E-state index in [4.69, 9.17) is 11.5 Å². The van der Waals surface area contributed by atoms with Crippen LogP contribution in [0.25, 0.3) is 22.1 Å². The molecule has 2 aromatic carbocycles. The molecule has 0 saturated heterocycles. The molecule has 4 N–H and O–H groups in total. The van der Waals surface area contributed by atoms with Crippen LogP contribution in [0.3, 0.4) is 0 Å². The van der Waals surface area contributed by atoms with Crippen molar-refractivity contribution in [2.75, 3.05) is 5.73 Å². The number of primary amides is 1. The Morgan fingerprint density at radius 1 is 1.02 bits per heavy atom. The molecule has 0 spiro atoms. The second kappa shape index (κ2) is 11.3. The number of Topliss-reactive ketones (excluding diaryl/α,β-unsaturated/α-hetero) is 1. The van der Waals surface area contributed by atoms with Gasteiger partial charge < -0.3 is 11.5 Å². The van der Waals surface area contributed by atoms with E-state index in [1.54, 1.807) is 47.2 Å². The molecule has 4 heterocycles. The van der Waals surface area contributed by atoms with Crippen LogP contribution in [0.2, 0.25) is 0 Å². The number of pyridine rings is 1. The van der Waals surface area contributed by atoms with Gasteiger partial charge in [-0.25, -0.2) is 9.50 Å². The Labute approximate surface area is 234 Å². The largest absolute Gasteiger partial charge is 0.381 e. The van der Waals surface area contributed by atoms with Crippen LogP contribution < -0.4 is 17.0 Å². The van der Waals surface area contributed by atoms with Crippen LogP contribution >= 0.6 is 0 Å². The molecule has 0 atom stereocenters. The van der Waals surface area contributed by atoms with Crippen molar-refractivity contribution in [3.8, 4) is 5.69 Å². The average molecular weight is 549 g/mol. The first-order chi connectivity index (χ1) is 19.8. The molecule has 0 saturated carbocycles. The number of para-hydroxylation sites is 1. The van der Waals surface area contributed by atoms with Crippen LogP contribution in [-0.2, 0) is 19.9 Å². The van der Waals surface area contributed by atoms with E-state index in [0.29, 0.717) is 16.6 Å². The predicted molar refractivity (Wildman–Crippen MR) is 156 cm³/mol. The summed E-state index contributed by atoms with van der Waals surface area (Å²) in [5, 5.41) is 9.40. The fourth-order valence-electron chi connectivity index (χ4n) is 4.74. The number of benzene rings is 2. The third kappa shape index (κ3) is 5.33. The minimum absolute atomic E-state index is 0.0502. The molecule has 6 aromatic rings. The highest BCUT2D eigenvalue weighted by Crippen LogP contribution is 2.21. The van der Waals surface area contributed by atoms with Gasteiger partial charge in [-0.2, -0.15) is 5.10 Å². The molecule has 0 aliphatic carbocycles. The maximum atomic E-state index is 13.5. The highest BCUT2D eigenvalue weighted by molar-refractivity contribution is 6.03. The van der Waals surface area contributed by atoms with Gasteiger partial charge in [0.2, 0.25) is 0 Å². The van der Waals surface area contributed by atoms with Gasteiger partial charge in [-0.1, -0.05) is 43.3 Å². The number of hydrogen-bond donors (Lipinski definition) is 2. The van der Waals surface area contributed by atoms with Gasteiger partial charge in [-0.15, -0.1) is 5.10 Å². The number of nitrogen functional groups attached to an aromatic ring is 1. The lowest BCUT2D eigenvalue weighted by Crippen LogP contribution is -2.23. The second-order valence-electron chi connectivity index (χ2n) is 9.36. The van der Waals surface area contributed by atoms with Gasteiger partial charge in [-0.05, 0) is 41.6 Å². The van der Waals surface area contributed by atoms with Gasteiger partial charge in [0.05, 0.1) is 17.1 Å². The first-order valence-electron chi connectivity index (χ1n) is 12.9. The Balaban J connectivity index is 0.000000216. The smallest absolute Gasteiger partial charge is 0.263 e. The number of nitrogens with zero attached hydrogens (tertiary/aromatic N) is 6. The number of carbonyl (C=O) groups is 2. The lowest BCUT2D eigenvalue weighted by molar-refractivity contribution is 0.0988. The summed E-state index contributed by atoms with van der Waals surface area (Å²) in [6.45, 7) is 2.04. The molecular weight excluding hydrogens is 520 g/mol. The zero-order valence-electron chi connectivity index (χ0n) is 22.6. The van der Waals surface area contributed by atoms with Crippen LogP contribution in [0, 0.1) is 0 Å². The van der Waals surface area contributed by atoms with Gasteiger partial charge in [0, 0.05) is 43.4 Å². The van der Waals surface area contributed by atoms with Crippen LogP contribution in [0.5, 0.6) is 0 Å². The molecule has 0 aliphatic rings. The number of amides is 1. The minimum Gasteiger partial charge on any atom is -0.381 e. The van der Waals surface area contributed by atoms with E-state index in [2.05, 4.69) is 15.2 Å². The molecule has 0 radical (unpaired) electrons. The van der Waals surface area contributed by atoms with E-state index < -0.39 is 5.91 Å². The highest BCUT2D eigenvalue weighted by Gasteiger charge is 2.17. The summed E-state index contributed by atoms with van der Waals surface area (Å²) in [5.41, 5.74) is 14.1. The molecule has 41 heavy (non-hydrogen) atoms. The van der Waals surface area contributed by atoms with Crippen molar-refractivity contribution in [2.45, 2.75) is 19.8 Å². The van der Waals surface area contributed by atoms with E-state index in [0.717, 1.165) is 28.8 Å². The van der Waals surface area contributed by atoms with Gasteiger partial charge in [0.15, 0.2) is 17.2 Å². The number of aryl methyl sites for hydroxylation is 2. The van der Waals surface area contributed by atoms with E-state index >= 15 is 0 Å². The maximum Gasteiger partial charge on any atom is 0.263 e. The van der Waals surface area contributed by atoms with E-state index in [1.165, 1.54) is 4.52 Å². The minimum atomic E-state index is -0.619. The molecular formula is C30H28N8O3. The van der Waals surface area contributed by atoms with Crippen molar-refractivity contribution in [2.24, 2.45) is 12.8 Å². The topological polar surface area (TPSA) is 156 Å². The zero-order valence-corrected chi connectivity index (χ0v) is 22.6.